The second kappa shape index (κ2) is 10.3. The zero-order valence-electron chi connectivity index (χ0n) is 15.3. The van der Waals surface area contributed by atoms with E-state index in [0.29, 0.717) is 12.0 Å². The molecule has 2 rings (SSSR count). The van der Waals surface area contributed by atoms with Crippen molar-refractivity contribution >= 4 is 5.96 Å². The molecule has 1 aromatic rings. The van der Waals surface area contributed by atoms with Crippen LogP contribution in [0.4, 0.5) is 0 Å². The van der Waals surface area contributed by atoms with Crippen LogP contribution in [0.2, 0.25) is 0 Å². The Morgan fingerprint density at radius 1 is 1.29 bits per heavy atom. The Labute approximate surface area is 146 Å². The second-order valence-corrected chi connectivity index (χ2v) is 6.41. The van der Waals surface area contributed by atoms with Crippen LogP contribution in [-0.2, 0) is 4.74 Å². The van der Waals surface area contributed by atoms with E-state index in [1.165, 1.54) is 12.0 Å². The van der Waals surface area contributed by atoms with Crippen molar-refractivity contribution in [3.63, 3.8) is 0 Å². The van der Waals surface area contributed by atoms with Crippen LogP contribution < -0.4 is 10.6 Å². The number of rotatable bonds is 10. The highest BCUT2D eigenvalue weighted by molar-refractivity contribution is 5.80. The molecule has 0 spiro atoms. The number of aliphatic imine (C=N–C) groups is 1. The third-order valence-corrected chi connectivity index (χ3v) is 4.32. The highest BCUT2D eigenvalue weighted by Gasteiger charge is 2.38. The summed E-state index contributed by atoms with van der Waals surface area (Å²) in [7, 11) is 3.89. The fourth-order valence-corrected chi connectivity index (χ4v) is 2.84. The topological polar surface area (TPSA) is 48.9 Å². The maximum Gasteiger partial charge on any atom is 0.191 e. The number of likely N-dealkylation sites (N-methyl/N-ethyl adjacent to an activating group) is 1. The minimum absolute atomic E-state index is 0.504. The zero-order chi connectivity index (χ0) is 17.2. The normalized spacial score (nSPS) is 20.2. The molecule has 0 aromatic heterocycles. The molecule has 0 aliphatic heterocycles. The standard InChI is InChI=1S/C19H32N4O/c1-4-20-19(21-11-13-23(2)12-8-14-24-3)22-18-15-17(18)16-9-6-5-7-10-16/h5-7,9-10,17-18H,4,8,11-15H2,1-3H3,(H2,20,21,22). The number of ether oxygens (including phenoxy) is 1. The number of methoxy groups -OCH3 is 1. The van der Waals surface area contributed by atoms with Crippen LogP contribution in [0.25, 0.3) is 0 Å². The smallest absolute Gasteiger partial charge is 0.191 e. The molecule has 2 unspecified atom stereocenters. The monoisotopic (exact) mass is 332 g/mol. The van der Waals surface area contributed by atoms with E-state index < -0.39 is 0 Å². The molecule has 24 heavy (non-hydrogen) atoms. The first-order valence-corrected chi connectivity index (χ1v) is 9.01. The molecule has 0 saturated heterocycles. The number of hydrogen-bond acceptors (Lipinski definition) is 3. The van der Waals surface area contributed by atoms with Gasteiger partial charge >= 0.3 is 0 Å². The highest BCUT2D eigenvalue weighted by Crippen LogP contribution is 2.40. The van der Waals surface area contributed by atoms with Gasteiger partial charge in [-0.15, -0.1) is 0 Å². The molecule has 0 radical (unpaired) electrons. The number of nitrogens with zero attached hydrogens (tertiary/aromatic N) is 2. The van der Waals surface area contributed by atoms with Gasteiger partial charge in [-0.2, -0.15) is 0 Å². The SMILES string of the molecule is CCNC(=NCCN(C)CCCOC)NC1CC1c1ccccc1. The van der Waals surface area contributed by atoms with Crippen LogP contribution in [0.3, 0.4) is 0 Å². The fourth-order valence-electron chi connectivity index (χ4n) is 2.84. The van der Waals surface area contributed by atoms with Crippen molar-refractivity contribution in [1.29, 1.82) is 0 Å². The van der Waals surface area contributed by atoms with E-state index in [0.717, 1.165) is 45.2 Å². The average Bonchev–Trinajstić information content (AvgIpc) is 3.35. The first kappa shape index (κ1) is 18.7. The van der Waals surface area contributed by atoms with Crippen molar-refractivity contribution in [1.82, 2.24) is 15.5 Å². The molecule has 2 N–H and O–H groups in total. The molecule has 0 amide bonds. The number of benzene rings is 1. The van der Waals surface area contributed by atoms with Gasteiger partial charge in [0.1, 0.15) is 0 Å². The molecule has 5 heteroatoms. The Morgan fingerprint density at radius 2 is 2.08 bits per heavy atom. The van der Waals surface area contributed by atoms with Crippen molar-refractivity contribution in [2.24, 2.45) is 4.99 Å². The fraction of sp³-hybridized carbons (Fsp3) is 0.632. The number of hydrogen-bond donors (Lipinski definition) is 2. The molecule has 0 bridgehead atoms. The largest absolute Gasteiger partial charge is 0.385 e. The number of guanidine groups is 1. The van der Waals surface area contributed by atoms with Crippen molar-refractivity contribution in [3.05, 3.63) is 35.9 Å². The van der Waals surface area contributed by atoms with Crippen molar-refractivity contribution in [2.45, 2.75) is 31.7 Å². The van der Waals surface area contributed by atoms with Crippen LogP contribution in [0.1, 0.15) is 31.2 Å². The first-order chi connectivity index (χ1) is 11.7. The second-order valence-electron chi connectivity index (χ2n) is 6.41. The predicted molar refractivity (Wildman–Crippen MR) is 101 cm³/mol. The molecule has 5 nitrogen and oxygen atoms in total. The molecule has 2 atom stereocenters. The van der Waals surface area contributed by atoms with Crippen molar-refractivity contribution < 1.29 is 4.74 Å². The van der Waals surface area contributed by atoms with E-state index in [-0.39, 0.29) is 0 Å². The Morgan fingerprint density at radius 3 is 2.79 bits per heavy atom. The van der Waals surface area contributed by atoms with Crippen molar-refractivity contribution in [2.75, 3.05) is 46.9 Å². The zero-order valence-corrected chi connectivity index (χ0v) is 15.3. The van der Waals surface area contributed by atoms with Crippen LogP contribution in [-0.4, -0.2) is 63.8 Å². The van der Waals surface area contributed by atoms with Gasteiger partial charge in [0, 0.05) is 45.3 Å². The molecular formula is C19H32N4O. The molecule has 0 heterocycles. The summed E-state index contributed by atoms with van der Waals surface area (Å²) in [6, 6.07) is 11.2. The van der Waals surface area contributed by atoms with Crippen LogP contribution in [0.5, 0.6) is 0 Å². The first-order valence-electron chi connectivity index (χ1n) is 9.01. The number of nitrogens with one attached hydrogen (secondary N) is 2. The van der Waals surface area contributed by atoms with Gasteiger partial charge in [-0.05, 0) is 32.4 Å². The summed E-state index contributed by atoms with van der Waals surface area (Å²) in [5.41, 5.74) is 1.42. The Hall–Kier alpha value is -1.59. The predicted octanol–water partition coefficient (Wildman–Crippen LogP) is 2.07. The lowest BCUT2D eigenvalue weighted by Gasteiger charge is -2.16. The molecule has 1 fully saturated rings. The summed E-state index contributed by atoms with van der Waals surface area (Å²) in [5, 5.41) is 6.92. The summed E-state index contributed by atoms with van der Waals surface area (Å²) in [6.07, 6.45) is 2.25. The lowest BCUT2D eigenvalue weighted by molar-refractivity contribution is 0.180. The van der Waals surface area contributed by atoms with Gasteiger partial charge in [-0.1, -0.05) is 30.3 Å². The Kier molecular flexibility index (Phi) is 8.05. The summed E-state index contributed by atoms with van der Waals surface area (Å²) < 4.78 is 5.09. The molecule has 134 valence electrons. The molecule has 1 aliphatic carbocycles. The Bertz CT molecular complexity index is 491. The lowest BCUT2D eigenvalue weighted by atomic mass is 10.1. The third-order valence-electron chi connectivity index (χ3n) is 4.32. The lowest BCUT2D eigenvalue weighted by Crippen LogP contribution is -2.39. The summed E-state index contributed by atoms with van der Waals surface area (Å²) >= 11 is 0. The summed E-state index contributed by atoms with van der Waals surface area (Å²) in [4.78, 5) is 7.01. The molecule has 1 aromatic carbocycles. The minimum Gasteiger partial charge on any atom is -0.385 e. The van der Waals surface area contributed by atoms with E-state index in [9.17, 15) is 0 Å². The van der Waals surface area contributed by atoms with E-state index >= 15 is 0 Å². The average molecular weight is 332 g/mol. The van der Waals surface area contributed by atoms with Crippen LogP contribution >= 0.6 is 0 Å². The summed E-state index contributed by atoms with van der Waals surface area (Å²) in [6.45, 7) is 6.63. The van der Waals surface area contributed by atoms with Gasteiger partial charge < -0.3 is 20.3 Å². The highest BCUT2D eigenvalue weighted by atomic mass is 16.5. The van der Waals surface area contributed by atoms with Gasteiger partial charge in [-0.3, -0.25) is 4.99 Å². The van der Waals surface area contributed by atoms with Crippen LogP contribution in [0.15, 0.2) is 35.3 Å². The van der Waals surface area contributed by atoms with Gasteiger partial charge in [0.25, 0.3) is 0 Å². The van der Waals surface area contributed by atoms with E-state index in [1.54, 1.807) is 7.11 Å². The maximum atomic E-state index is 5.09. The van der Waals surface area contributed by atoms with Crippen molar-refractivity contribution in [3.8, 4) is 0 Å². The van der Waals surface area contributed by atoms with E-state index in [4.69, 9.17) is 9.73 Å². The summed E-state index contributed by atoms with van der Waals surface area (Å²) in [5.74, 6) is 1.55. The maximum absolute atomic E-state index is 5.09. The minimum atomic E-state index is 0.504. The van der Waals surface area contributed by atoms with Crippen LogP contribution in [0, 0.1) is 0 Å². The van der Waals surface area contributed by atoms with Gasteiger partial charge in [-0.25, -0.2) is 0 Å². The van der Waals surface area contributed by atoms with E-state index in [1.807, 2.05) is 0 Å². The molecule has 1 aliphatic rings. The molecule has 1 saturated carbocycles. The third kappa shape index (κ3) is 6.49. The quantitative estimate of drug-likeness (QED) is 0.391. The Balaban J connectivity index is 1.73. The molecular weight excluding hydrogens is 300 g/mol. The van der Waals surface area contributed by atoms with Gasteiger partial charge in [0.05, 0.1) is 6.54 Å². The van der Waals surface area contributed by atoms with Gasteiger partial charge in [0.2, 0.25) is 0 Å². The van der Waals surface area contributed by atoms with E-state index in [2.05, 4.69) is 59.8 Å². The van der Waals surface area contributed by atoms with Gasteiger partial charge in [0.15, 0.2) is 5.96 Å².